The van der Waals surface area contributed by atoms with Crippen LogP contribution in [-0.4, -0.2) is 314 Å². The molecule has 6 unspecified atom stereocenters. The molecule has 0 bridgehead atoms. The van der Waals surface area contributed by atoms with Gasteiger partial charge < -0.3 is 44.7 Å². The molecule has 3 saturated heterocycles. The summed E-state index contributed by atoms with van der Waals surface area (Å²) in [6.45, 7) is 44.9. The lowest BCUT2D eigenvalue weighted by molar-refractivity contribution is -0.134. The van der Waals surface area contributed by atoms with Gasteiger partial charge in [0, 0.05) is 160 Å². The van der Waals surface area contributed by atoms with E-state index in [1.54, 1.807) is 0 Å². The Labute approximate surface area is 498 Å². The Hall–Kier alpha value is -1.96. The van der Waals surface area contributed by atoms with Crippen molar-refractivity contribution in [2.75, 3.05) is 217 Å². The van der Waals surface area contributed by atoms with E-state index in [1.165, 1.54) is 23.6 Å². The van der Waals surface area contributed by atoms with E-state index in [2.05, 4.69) is 121 Å². The summed E-state index contributed by atoms with van der Waals surface area (Å²) in [5, 5.41) is 51.9. The number of rotatable bonds is 45. The molecule has 0 aromatic rings. The van der Waals surface area contributed by atoms with Crippen LogP contribution in [0.15, 0.2) is 20.0 Å². The monoisotopic (exact) mass is 1160 g/mol. The Morgan fingerprint density at radius 2 is 0.780 bits per heavy atom. The van der Waals surface area contributed by atoms with Gasteiger partial charge in [-0.1, -0.05) is 48.5 Å². The van der Waals surface area contributed by atoms with E-state index in [-0.39, 0.29) is 52.9 Å². The van der Waals surface area contributed by atoms with Crippen LogP contribution in [0.3, 0.4) is 0 Å². The molecule has 0 aromatic heterocycles. The van der Waals surface area contributed by atoms with E-state index in [4.69, 9.17) is 33.9 Å². The molecule has 20 heteroatoms. The summed E-state index contributed by atoms with van der Waals surface area (Å²) in [6.07, 6.45) is 1.39. The van der Waals surface area contributed by atoms with E-state index in [0.717, 1.165) is 149 Å². The third kappa shape index (κ3) is 33.2. The van der Waals surface area contributed by atoms with Crippen molar-refractivity contribution >= 4 is 22.8 Å². The molecule has 6 N–H and O–H groups in total. The normalized spacial score (nSPS) is 22.7. The minimum atomic E-state index is -0.891. The van der Waals surface area contributed by atoms with Crippen molar-refractivity contribution in [2.45, 2.75) is 126 Å². The highest BCUT2D eigenvalue weighted by Gasteiger charge is 2.36. The maximum atomic E-state index is 11.4. The van der Waals surface area contributed by atoms with Crippen molar-refractivity contribution in [2.24, 2.45) is 55.0 Å². The largest absolute Gasteiger partial charge is 0.389 e. The van der Waals surface area contributed by atoms with Crippen LogP contribution in [0.4, 0.5) is 0 Å². The molecule has 3 heterocycles. The summed E-state index contributed by atoms with van der Waals surface area (Å²) in [5.41, 5.74) is 3.98. The lowest BCUT2D eigenvalue weighted by Crippen LogP contribution is -2.50. The standard InChI is InChI=1S/C62H122N12O8/c1-49(2)32-53(8)65-14-17-69-20-26-72(27-21-69)37-58(76)41-80-45-62(44-79-40-57(75)36-63-12-13-64-48-68-55(10)34-51(5)6,46-81-42-59(77)38-73-28-22-70(23-29-73)18-15-66-54(9)33-50(3)4)47-82-43-60(78)39-74-30-24-71(25-31-74)19-16-67-56(11)61-35-52(61)7/h49-52,57-61,63-64,75-78H,12-48H2,1-11H3/b65-53?,66-54?,67-56?,68-55-. The van der Waals surface area contributed by atoms with Crippen LogP contribution in [0.5, 0.6) is 0 Å². The van der Waals surface area contributed by atoms with Gasteiger partial charge in [-0.3, -0.25) is 54.7 Å². The maximum Gasteiger partial charge on any atom is 0.0900 e. The summed E-state index contributed by atoms with van der Waals surface area (Å²) >= 11 is 0. The molecule has 0 radical (unpaired) electrons. The molecular formula is C62H122N12O8. The van der Waals surface area contributed by atoms with E-state index in [9.17, 15) is 20.4 Å². The molecule has 4 aliphatic rings. The summed E-state index contributed by atoms with van der Waals surface area (Å²) in [7, 11) is 0. The van der Waals surface area contributed by atoms with Crippen molar-refractivity contribution in [1.29, 1.82) is 0 Å². The van der Waals surface area contributed by atoms with Gasteiger partial charge in [0.05, 0.1) is 109 Å². The number of piperazine rings is 3. The van der Waals surface area contributed by atoms with Crippen LogP contribution in [0.25, 0.3) is 0 Å². The second kappa shape index (κ2) is 41.2. The minimum Gasteiger partial charge on any atom is -0.389 e. The number of hydrogen-bond donors (Lipinski definition) is 6. The van der Waals surface area contributed by atoms with Crippen molar-refractivity contribution in [3.8, 4) is 0 Å². The zero-order valence-electron chi connectivity index (χ0n) is 53.8. The first-order valence-corrected chi connectivity index (χ1v) is 32.1. The van der Waals surface area contributed by atoms with Crippen LogP contribution in [0.2, 0.25) is 0 Å². The highest BCUT2D eigenvalue weighted by Crippen LogP contribution is 2.38. The molecule has 0 aromatic carbocycles. The molecule has 4 rings (SSSR count). The van der Waals surface area contributed by atoms with Gasteiger partial charge in [0.1, 0.15) is 0 Å². The molecular weight excluding hydrogens is 1040 g/mol. The van der Waals surface area contributed by atoms with Gasteiger partial charge in [0.2, 0.25) is 0 Å². The molecule has 20 nitrogen and oxygen atoms in total. The van der Waals surface area contributed by atoms with Crippen LogP contribution < -0.4 is 10.6 Å². The Kier molecular flexibility index (Phi) is 36.5. The van der Waals surface area contributed by atoms with E-state index in [0.29, 0.717) is 69.6 Å². The van der Waals surface area contributed by atoms with Crippen LogP contribution >= 0.6 is 0 Å². The molecule has 0 spiro atoms. The predicted molar refractivity (Wildman–Crippen MR) is 337 cm³/mol. The van der Waals surface area contributed by atoms with Crippen LogP contribution in [0.1, 0.15) is 102 Å². The van der Waals surface area contributed by atoms with Gasteiger partial charge >= 0.3 is 0 Å². The van der Waals surface area contributed by atoms with Gasteiger partial charge in [0.25, 0.3) is 0 Å². The first kappa shape index (κ1) is 72.5. The molecule has 4 fully saturated rings. The fourth-order valence-corrected chi connectivity index (χ4v) is 11.4. The first-order chi connectivity index (χ1) is 39.3. The summed E-state index contributed by atoms with van der Waals surface area (Å²) < 4.78 is 25.6. The number of β-amino-alcohol motifs (C(OH)–C–C–N with tert-alkyl or cyclic N) is 3. The lowest BCUT2D eigenvalue weighted by atomic mass is 9.92. The highest BCUT2D eigenvalue weighted by molar-refractivity contribution is 5.87. The second-order valence-electron chi connectivity index (χ2n) is 26.2. The zero-order valence-corrected chi connectivity index (χ0v) is 53.8. The topological polar surface area (TPSA) is 211 Å². The van der Waals surface area contributed by atoms with Gasteiger partial charge in [-0.05, 0) is 83.0 Å². The predicted octanol–water partition coefficient (Wildman–Crippen LogP) is 3.11. The Balaban J connectivity index is 1.35. The van der Waals surface area contributed by atoms with Crippen LogP contribution in [0, 0.1) is 35.0 Å². The molecule has 1 aliphatic carbocycles. The number of aliphatic imine (C=N–C) groups is 4. The third-order valence-electron chi connectivity index (χ3n) is 16.1. The molecule has 6 atom stereocenters. The fraction of sp³-hybridized carbons (Fsp3) is 0.935. The summed E-state index contributed by atoms with van der Waals surface area (Å²) in [5.74, 6) is 3.25. The average Bonchev–Trinajstić information content (AvgIpc) is 4.29. The Bertz CT molecular complexity index is 1720. The molecule has 3 aliphatic heterocycles. The van der Waals surface area contributed by atoms with Crippen LogP contribution in [-0.2, 0) is 18.9 Å². The van der Waals surface area contributed by atoms with Crippen molar-refractivity contribution in [1.82, 2.24) is 40.0 Å². The minimum absolute atomic E-state index is 0.0676. The number of aliphatic hydroxyl groups is 4. The van der Waals surface area contributed by atoms with Gasteiger partial charge in [-0.2, -0.15) is 0 Å². The van der Waals surface area contributed by atoms with Gasteiger partial charge in [0.15, 0.2) is 0 Å². The fourth-order valence-electron chi connectivity index (χ4n) is 11.4. The summed E-state index contributed by atoms with van der Waals surface area (Å²) in [4.78, 5) is 33.4. The number of nitrogens with zero attached hydrogens (tertiary/aromatic N) is 10. The SMILES string of the molecule is CC(CC(C)C)=NCCN1CCN(CC(O)COCC(COCC(O)CNCCNC/N=C(/C)CC(C)C)(COCC(O)CN2CCN(CCN=C(C)CC(C)C)CC2)COCC(O)CN2CCN(CCN=C(C)C3CC3C)CC2)CC1. The average molecular weight is 1160 g/mol. The number of aliphatic hydroxyl groups excluding tert-OH is 4. The highest BCUT2D eigenvalue weighted by atomic mass is 16.5. The van der Waals surface area contributed by atoms with Crippen molar-refractivity contribution in [3.63, 3.8) is 0 Å². The van der Waals surface area contributed by atoms with E-state index in [1.807, 2.05) is 0 Å². The quantitative estimate of drug-likeness (QED) is 0.0383. The summed E-state index contributed by atoms with van der Waals surface area (Å²) in [6, 6.07) is 0. The second-order valence-corrected chi connectivity index (χ2v) is 26.2. The van der Waals surface area contributed by atoms with Gasteiger partial charge in [-0.15, -0.1) is 0 Å². The lowest BCUT2D eigenvalue weighted by Gasteiger charge is -2.37. The molecule has 0 amide bonds. The van der Waals surface area contributed by atoms with E-state index < -0.39 is 29.8 Å². The number of nitrogens with one attached hydrogen (secondary N) is 2. The molecule has 478 valence electrons. The molecule has 82 heavy (non-hydrogen) atoms. The number of ether oxygens (including phenoxy) is 4. The Morgan fingerprint density at radius 3 is 1.13 bits per heavy atom. The Morgan fingerprint density at radius 1 is 0.463 bits per heavy atom. The smallest absolute Gasteiger partial charge is 0.0900 e. The number of hydrogen-bond acceptors (Lipinski definition) is 20. The third-order valence-corrected chi connectivity index (χ3v) is 16.1. The zero-order chi connectivity index (χ0) is 59.7. The van der Waals surface area contributed by atoms with Crippen molar-refractivity contribution in [3.05, 3.63) is 0 Å². The maximum absolute atomic E-state index is 11.4. The van der Waals surface area contributed by atoms with Crippen molar-refractivity contribution < 1.29 is 39.4 Å². The van der Waals surface area contributed by atoms with E-state index >= 15 is 0 Å². The molecule has 1 saturated carbocycles. The first-order valence-electron chi connectivity index (χ1n) is 32.1. The van der Waals surface area contributed by atoms with Gasteiger partial charge in [-0.25, -0.2) is 0 Å².